The van der Waals surface area contributed by atoms with E-state index in [4.69, 9.17) is 18.9 Å². The van der Waals surface area contributed by atoms with Crippen LogP contribution in [0.15, 0.2) is 53.0 Å². The minimum Gasteiger partial charge on any atom is -0.457 e. The van der Waals surface area contributed by atoms with Gasteiger partial charge in [-0.3, -0.25) is 9.59 Å². The van der Waals surface area contributed by atoms with Crippen LogP contribution in [0, 0.1) is 23.7 Å². The van der Waals surface area contributed by atoms with Gasteiger partial charge in [0, 0.05) is 30.5 Å². The van der Waals surface area contributed by atoms with Crippen LogP contribution in [0.25, 0.3) is 6.08 Å². The molecule has 0 aliphatic carbocycles. The molecule has 59 heavy (non-hydrogen) atoms. The number of esters is 1. The number of Topliss-reactive ketones (excluding diaryl/α,β-unsaturated/α-hetero) is 1. The van der Waals surface area contributed by atoms with Gasteiger partial charge in [-0.2, -0.15) is 0 Å². The van der Waals surface area contributed by atoms with Crippen molar-refractivity contribution in [2.45, 2.75) is 168 Å². The van der Waals surface area contributed by atoms with Crippen molar-refractivity contribution in [3.63, 3.8) is 0 Å². The Kier molecular flexibility index (Phi) is 17.0. The first kappa shape index (κ1) is 48.5. The Morgan fingerprint density at radius 3 is 2.39 bits per heavy atom. The number of aliphatic hydroxyl groups excluding tert-OH is 1. The molecule has 3 aliphatic heterocycles. The van der Waals surface area contributed by atoms with E-state index < -0.39 is 82.8 Å². The number of aliphatic imine (C=N–C) groups is 1. The summed E-state index contributed by atoms with van der Waals surface area (Å²) >= 11 is 0. The number of benzene rings is 1. The van der Waals surface area contributed by atoms with Gasteiger partial charge in [0.05, 0.1) is 24.4 Å². The maximum Gasteiger partial charge on any atom is 0.351 e. The van der Waals surface area contributed by atoms with E-state index in [0.29, 0.717) is 25.0 Å². The monoisotopic (exact) mass is 827 g/mol. The molecule has 330 valence electrons. The van der Waals surface area contributed by atoms with Crippen LogP contribution in [0.2, 0.25) is 0 Å². The molecule has 12 heteroatoms. The number of allylic oxidation sites excluding steroid dienone is 2. The fourth-order valence-corrected chi connectivity index (χ4v) is 9.58. The average Bonchev–Trinajstić information content (AvgIpc) is 3.20. The summed E-state index contributed by atoms with van der Waals surface area (Å²) in [5.74, 6) is -5.94. The fourth-order valence-electron chi connectivity index (χ4n) is 9.58. The Bertz CT molecular complexity index is 1680. The molecule has 11 nitrogen and oxygen atoms in total. The highest BCUT2D eigenvalue weighted by molar-refractivity contribution is 6.08. The number of carbonyl (C=O) groups is 3. The molecule has 4 rings (SSSR count). The van der Waals surface area contributed by atoms with Crippen molar-refractivity contribution in [2.75, 3.05) is 20.2 Å². The van der Waals surface area contributed by atoms with Gasteiger partial charge in [-0.25, -0.2) is 14.2 Å². The summed E-state index contributed by atoms with van der Waals surface area (Å²) in [6, 6.07) is 9.51. The molecule has 0 saturated carbocycles. The molecular formula is C47H71FN2O9. The average molecular weight is 827 g/mol. The number of halogens is 1. The van der Waals surface area contributed by atoms with Crippen LogP contribution < -0.4 is 0 Å². The molecule has 0 radical (unpaired) electrons. The first-order valence-corrected chi connectivity index (χ1v) is 21.7. The highest BCUT2D eigenvalue weighted by Gasteiger charge is 2.56. The molecular weight excluding hydrogens is 756 g/mol. The number of carbonyl (C=O) groups excluding carboxylic acids is 3. The predicted molar refractivity (Wildman–Crippen MR) is 227 cm³/mol. The van der Waals surface area contributed by atoms with Gasteiger partial charge in [0.2, 0.25) is 5.91 Å². The van der Waals surface area contributed by atoms with Crippen molar-refractivity contribution < 1.29 is 47.9 Å². The van der Waals surface area contributed by atoms with Crippen molar-refractivity contribution in [3.05, 3.63) is 53.6 Å². The van der Waals surface area contributed by atoms with E-state index in [0.717, 1.165) is 37.4 Å². The largest absolute Gasteiger partial charge is 0.457 e. The topological polar surface area (TPSA) is 144 Å². The zero-order valence-corrected chi connectivity index (χ0v) is 37.3. The summed E-state index contributed by atoms with van der Waals surface area (Å²) in [6.07, 6.45) is 4.17. The second-order valence-corrected chi connectivity index (χ2v) is 18.0. The lowest BCUT2D eigenvalue weighted by Crippen LogP contribution is -2.61. The number of cyclic esters (lactones) is 1. The predicted octanol–water partition coefficient (Wildman–Crippen LogP) is 7.46. The van der Waals surface area contributed by atoms with Crippen molar-refractivity contribution in [2.24, 2.45) is 28.7 Å². The van der Waals surface area contributed by atoms with Crippen LogP contribution in [0.5, 0.6) is 0 Å². The minimum absolute atomic E-state index is 0.0674. The van der Waals surface area contributed by atoms with Crippen molar-refractivity contribution in [1.29, 1.82) is 0 Å². The zero-order chi connectivity index (χ0) is 43.9. The Morgan fingerprint density at radius 2 is 1.76 bits per heavy atom. The molecule has 0 spiro atoms. The number of amides is 1. The molecule has 1 aromatic rings. The third-order valence-corrected chi connectivity index (χ3v) is 13.0. The number of rotatable bonds is 9. The van der Waals surface area contributed by atoms with Crippen LogP contribution in [-0.4, -0.2) is 112 Å². The van der Waals surface area contributed by atoms with Crippen LogP contribution in [0.3, 0.4) is 0 Å². The lowest BCUT2D eigenvalue weighted by molar-refractivity contribution is -0.297. The third kappa shape index (κ3) is 11.6. The molecule has 2 N–H and O–H groups in total. The van der Waals surface area contributed by atoms with E-state index in [9.17, 15) is 24.6 Å². The number of ketones is 1. The second kappa shape index (κ2) is 20.6. The summed E-state index contributed by atoms with van der Waals surface area (Å²) in [7, 11) is 1.95. The molecule has 0 unspecified atom stereocenters. The maximum atomic E-state index is 17.0. The molecule has 13 atom stereocenters. The lowest BCUT2D eigenvalue weighted by atomic mass is 9.68. The fraction of sp³-hybridized carbons (Fsp3) is 0.702. The van der Waals surface area contributed by atoms with Crippen LogP contribution in [-0.2, 0) is 33.3 Å². The smallest absolute Gasteiger partial charge is 0.351 e. The Morgan fingerprint density at radius 1 is 1.08 bits per heavy atom. The first-order valence-electron chi connectivity index (χ1n) is 21.7. The molecule has 1 amide bonds. The maximum absolute atomic E-state index is 17.0. The summed E-state index contributed by atoms with van der Waals surface area (Å²) in [5, 5.41) is 24.4. The van der Waals surface area contributed by atoms with Crippen molar-refractivity contribution in [3.8, 4) is 0 Å². The number of hydrogen-bond acceptors (Lipinski definition) is 10. The van der Waals surface area contributed by atoms with Gasteiger partial charge in [0.1, 0.15) is 17.8 Å². The van der Waals surface area contributed by atoms with Gasteiger partial charge in [0.15, 0.2) is 12.1 Å². The molecule has 2 bridgehead atoms. The van der Waals surface area contributed by atoms with E-state index in [1.807, 2.05) is 76.4 Å². The molecule has 3 fully saturated rings. The van der Waals surface area contributed by atoms with Crippen LogP contribution in [0.4, 0.5) is 4.39 Å². The number of fused-ring (bicyclic) bond motifs is 5. The highest BCUT2D eigenvalue weighted by atomic mass is 19.1. The van der Waals surface area contributed by atoms with E-state index >= 15 is 4.39 Å². The highest BCUT2D eigenvalue weighted by Crippen LogP contribution is 2.43. The number of nitrogens with zero attached hydrogens (tertiary/aromatic N) is 2. The Hall–Kier alpha value is -3.13. The van der Waals surface area contributed by atoms with Crippen LogP contribution >= 0.6 is 0 Å². The number of hydrogen-bond donors (Lipinski definition) is 2. The molecule has 1 aromatic carbocycles. The standard InChI is InChI=1S/C47H71FN2O9/c1-12-14-25-50(11)37-26-30(4)57-43(40(37)52)59-42-32(6)41(53)46(9,48)44(54)58-38(13-2)47(10,55)36-24-23-35(22-18-21-34-19-16-15-17-20-34)28-56-45(42,8)27-29(3)39(31(36)5)49-33(7)51/h15-22,29-32,36-38,40,42-43,52,55H,12-14,23-28H2,1-11H3/b21-18+,35-22+,49-39+/t29-,30-,31-,32+,36-,37+,38-,40-,42-,43+,45-,46+,47+/m1/s1. The van der Waals surface area contributed by atoms with Gasteiger partial charge < -0.3 is 34.1 Å². The molecule has 3 aliphatic rings. The van der Waals surface area contributed by atoms with Gasteiger partial charge >= 0.3 is 5.97 Å². The lowest BCUT2D eigenvalue weighted by Gasteiger charge is -2.48. The van der Waals surface area contributed by atoms with E-state index in [1.54, 1.807) is 20.8 Å². The Balaban J connectivity index is 1.98. The summed E-state index contributed by atoms with van der Waals surface area (Å²) < 4.78 is 42.9. The number of aliphatic hydroxyl groups is 2. The second-order valence-electron chi connectivity index (χ2n) is 18.0. The zero-order valence-electron chi connectivity index (χ0n) is 37.3. The molecule has 0 aromatic heterocycles. The van der Waals surface area contributed by atoms with Gasteiger partial charge in [-0.15, -0.1) is 0 Å². The molecule has 3 heterocycles. The Labute approximate surface area is 351 Å². The minimum atomic E-state index is -3.14. The summed E-state index contributed by atoms with van der Waals surface area (Å²) in [4.78, 5) is 48.0. The number of ether oxygens (including phenoxy) is 4. The van der Waals surface area contributed by atoms with E-state index in [2.05, 4.69) is 16.8 Å². The normalized spacial score (nSPS) is 39.5. The summed E-state index contributed by atoms with van der Waals surface area (Å²) in [6.45, 7) is 17.5. The molecule has 3 saturated heterocycles. The summed E-state index contributed by atoms with van der Waals surface area (Å²) in [5.41, 5.74) is -3.93. The quantitative estimate of drug-likeness (QED) is 0.190. The third-order valence-electron chi connectivity index (χ3n) is 13.0. The van der Waals surface area contributed by atoms with Gasteiger partial charge in [0.25, 0.3) is 5.67 Å². The number of alkyl halides is 1. The van der Waals surface area contributed by atoms with Gasteiger partial charge in [-0.1, -0.05) is 89.6 Å². The van der Waals surface area contributed by atoms with Gasteiger partial charge in [-0.05, 0) is 103 Å². The number of likely N-dealkylation sites (N-methyl/N-ethyl adjacent to an activating group) is 1. The number of unbranched alkanes of at least 4 members (excludes halogenated alkanes) is 1. The van der Waals surface area contributed by atoms with E-state index in [1.165, 1.54) is 13.8 Å². The van der Waals surface area contributed by atoms with E-state index in [-0.39, 0.29) is 31.6 Å². The van der Waals surface area contributed by atoms with Crippen molar-refractivity contribution in [1.82, 2.24) is 4.90 Å². The SMILES string of the molecule is CCCCN(C)[C@H]1C[C@@H](C)O[C@@H](O[C@@H]2[C@@H](C)C(=O)[C@](C)(F)C(=O)O[C@H](CC)[C@@](C)(O)[C@@H]3CC/C(=C\C=C\c4ccccc4)CO[C@]2(C)C[C@@H](C)/C(=N\C(C)=O)[C@@H]3C)[C@@H]1O. The van der Waals surface area contributed by atoms with Crippen LogP contribution in [0.1, 0.15) is 120 Å². The first-order chi connectivity index (χ1) is 27.7. The van der Waals surface area contributed by atoms with Crippen molar-refractivity contribution >= 4 is 29.4 Å².